The quantitative estimate of drug-likeness (QED) is 0.649. The summed E-state index contributed by atoms with van der Waals surface area (Å²) in [5.41, 5.74) is 1.23. The van der Waals surface area contributed by atoms with Crippen molar-refractivity contribution in [1.29, 1.82) is 0 Å². The zero-order valence-corrected chi connectivity index (χ0v) is 15.1. The summed E-state index contributed by atoms with van der Waals surface area (Å²) in [6.45, 7) is 5.95. The molecule has 0 spiro atoms. The van der Waals surface area contributed by atoms with Gasteiger partial charge in [0.2, 0.25) is 0 Å². The van der Waals surface area contributed by atoms with Crippen molar-refractivity contribution in [2.45, 2.75) is 38.5 Å². The first kappa shape index (κ1) is 15.5. The topological polar surface area (TPSA) is 36.9 Å². The Morgan fingerprint density at radius 2 is 2.04 bits per heavy atom. The molecule has 0 radical (unpaired) electrons. The summed E-state index contributed by atoms with van der Waals surface area (Å²) in [4.78, 5) is 7.32. The molecule has 4 nitrogen and oxygen atoms in total. The fourth-order valence-corrected chi connectivity index (χ4v) is 4.81. The van der Waals surface area contributed by atoms with E-state index in [9.17, 15) is 0 Å². The fraction of sp³-hybridized carbons (Fsp3) is 0.611. The van der Waals surface area contributed by atoms with Gasteiger partial charge in [-0.05, 0) is 37.5 Å². The normalized spacial score (nSPS) is 32.4. The molecule has 4 atom stereocenters. The van der Waals surface area contributed by atoms with Gasteiger partial charge in [0.05, 0.1) is 18.8 Å². The second-order valence-electron chi connectivity index (χ2n) is 6.82. The van der Waals surface area contributed by atoms with Crippen molar-refractivity contribution in [2.75, 3.05) is 19.6 Å². The van der Waals surface area contributed by atoms with Crippen LogP contribution in [0.15, 0.2) is 33.7 Å². The lowest BCUT2D eigenvalue weighted by molar-refractivity contribution is 0.0767. The number of hydrogen-bond acceptors (Lipinski definition) is 2. The summed E-state index contributed by atoms with van der Waals surface area (Å²) >= 11 is 3.53. The molecular weight excluding hydrogens is 354 g/mol. The van der Waals surface area contributed by atoms with Crippen molar-refractivity contribution < 1.29 is 4.74 Å². The summed E-state index contributed by atoms with van der Waals surface area (Å²) in [5, 5.41) is 3.47. The zero-order chi connectivity index (χ0) is 15.8. The van der Waals surface area contributed by atoms with Crippen molar-refractivity contribution in [3.05, 3.63) is 34.3 Å². The number of rotatable bonds is 3. The number of hydrogen-bond donors (Lipinski definition) is 1. The standard InChI is InChI=1S/C18H24BrN3O/c1-2-20-18(21-9-12-4-3-5-13(19)8-12)22-10-14-15(11-22)17-7-6-16(14)23-17/h3-5,8,14-17H,2,6-7,9-11H2,1H3,(H,20,21). The van der Waals surface area contributed by atoms with E-state index in [-0.39, 0.29) is 0 Å². The predicted octanol–water partition coefficient (Wildman–Crippen LogP) is 3.02. The van der Waals surface area contributed by atoms with Crippen LogP contribution in [0.1, 0.15) is 25.3 Å². The van der Waals surface area contributed by atoms with Gasteiger partial charge in [0.1, 0.15) is 0 Å². The van der Waals surface area contributed by atoms with Crippen LogP contribution >= 0.6 is 15.9 Å². The molecule has 5 heteroatoms. The minimum absolute atomic E-state index is 0.503. The number of ether oxygens (including phenoxy) is 1. The van der Waals surface area contributed by atoms with E-state index < -0.39 is 0 Å². The van der Waals surface area contributed by atoms with Crippen LogP contribution in [-0.4, -0.2) is 42.7 Å². The third-order valence-electron chi connectivity index (χ3n) is 5.39. The van der Waals surface area contributed by atoms with Crippen molar-refractivity contribution in [3.63, 3.8) is 0 Å². The minimum atomic E-state index is 0.503. The summed E-state index contributed by atoms with van der Waals surface area (Å²) in [6.07, 6.45) is 3.52. The molecule has 4 rings (SSSR count). The summed E-state index contributed by atoms with van der Waals surface area (Å²) < 4.78 is 7.19. The molecule has 124 valence electrons. The van der Waals surface area contributed by atoms with Gasteiger partial charge in [0, 0.05) is 35.9 Å². The molecule has 23 heavy (non-hydrogen) atoms. The zero-order valence-electron chi connectivity index (χ0n) is 13.5. The molecule has 1 N–H and O–H groups in total. The number of fused-ring (bicyclic) bond motifs is 5. The number of likely N-dealkylation sites (tertiary alicyclic amines) is 1. The van der Waals surface area contributed by atoms with Crippen LogP contribution in [0.4, 0.5) is 0 Å². The second kappa shape index (κ2) is 6.44. The number of halogens is 1. The summed E-state index contributed by atoms with van der Waals surface area (Å²) in [7, 11) is 0. The van der Waals surface area contributed by atoms with E-state index in [2.05, 4.69) is 57.3 Å². The highest BCUT2D eigenvalue weighted by molar-refractivity contribution is 9.10. The average molecular weight is 378 g/mol. The third-order valence-corrected chi connectivity index (χ3v) is 5.88. The number of nitrogens with zero attached hydrogens (tertiary/aromatic N) is 2. The van der Waals surface area contributed by atoms with Gasteiger partial charge in [-0.2, -0.15) is 0 Å². The van der Waals surface area contributed by atoms with Crippen molar-refractivity contribution in [3.8, 4) is 0 Å². The molecule has 2 bridgehead atoms. The average Bonchev–Trinajstić information content (AvgIpc) is 3.23. The molecule has 0 saturated carbocycles. The molecule has 1 aromatic carbocycles. The van der Waals surface area contributed by atoms with E-state index in [1.54, 1.807) is 0 Å². The highest BCUT2D eigenvalue weighted by Crippen LogP contribution is 2.47. The molecule has 4 unspecified atom stereocenters. The molecule has 0 aliphatic carbocycles. The lowest BCUT2D eigenvalue weighted by atomic mass is 9.82. The first-order valence-corrected chi connectivity index (χ1v) is 9.47. The predicted molar refractivity (Wildman–Crippen MR) is 95.4 cm³/mol. The van der Waals surface area contributed by atoms with E-state index in [1.165, 1.54) is 18.4 Å². The van der Waals surface area contributed by atoms with Gasteiger partial charge in [-0.15, -0.1) is 0 Å². The molecule has 3 aliphatic rings. The van der Waals surface area contributed by atoms with Gasteiger partial charge < -0.3 is 15.0 Å². The fourth-order valence-electron chi connectivity index (χ4n) is 4.36. The van der Waals surface area contributed by atoms with Crippen LogP contribution in [0, 0.1) is 11.8 Å². The lowest BCUT2D eigenvalue weighted by Crippen LogP contribution is -2.41. The van der Waals surface area contributed by atoms with Crippen LogP contribution < -0.4 is 5.32 Å². The van der Waals surface area contributed by atoms with Gasteiger partial charge in [-0.1, -0.05) is 28.1 Å². The smallest absolute Gasteiger partial charge is 0.194 e. The molecule has 3 fully saturated rings. The lowest BCUT2D eigenvalue weighted by Gasteiger charge is -2.23. The van der Waals surface area contributed by atoms with E-state index in [0.29, 0.717) is 24.0 Å². The van der Waals surface area contributed by atoms with Gasteiger partial charge in [-0.3, -0.25) is 0 Å². The maximum Gasteiger partial charge on any atom is 0.194 e. The maximum absolute atomic E-state index is 6.08. The Kier molecular flexibility index (Phi) is 4.33. The number of aliphatic imine (C=N–C) groups is 1. The number of benzene rings is 1. The first-order valence-electron chi connectivity index (χ1n) is 8.67. The first-order chi connectivity index (χ1) is 11.2. The highest BCUT2D eigenvalue weighted by Gasteiger charge is 2.53. The van der Waals surface area contributed by atoms with Crippen molar-refractivity contribution in [2.24, 2.45) is 16.8 Å². The van der Waals surface area contributed by atoms with Gasteiger partial charge in [0.15, 0.2) is 5.96 Å². The van der Waals surface area contributed by atoms with E-state index in [0.717, 1.165) is 36.6 Å². The van der Waals surface area contributed by atoms with Crippen LogP contribution in [-0.2, 0) is 11.3 Å². The molecule has 0 amide bonds. The van der Waals surface area contributed by atoms with Gasteiger partial charge >= 0.3 is 0 Å². The molecule has 1 aromatic rings. The monoisotopic (exact) mass is 377 g/mol. The Morgan fingerprint density at radius 1 is 1.30 bits per heavy atom. The van der Waals surface area contributed by atoms with Crippen LogP contribution in [0.5, 0.6) is 0 Å². The van der Waals surface area contributed by atoms with Crippen molar-refractivity contribution >= 4 is 21.9 Å². The Hall–Kier alpha value is -1.07. The molecule has 3 saturated heterocycles. The highest BCUT2D eigenvalue weighted by atomic mass is 79.9. The summed E-state index contributed by atoms with van der Waals surface area (Å²) in [6, 6.07) is 8.39. The molecule has 3 aliphatic heterocycles. The number of guanidine groups is 1. The van der Waals surface area contributed by atoms with Crippen LogP contribution in [0.25, 0.3) is 0 Å². The largest absolute Gasteiger partial charge is 0.374 e. The van der Waals surface area contributed by atoms with E-state index in [4.69, 9.17) is 9.73 Å². The van der Waals surface area contributed by atoms with E-state index in [1.807, 2.05) is 0 Å². The van der Waals surface area contributed by atoms with Gasteiger partial charge in [-0.25, -0.2) is 4.99 Å². The SMILES string of the molecule is CCNC(=NCc1cccc(Br)c1)N1CC2C3CCC(O3)C2C1. The molecular formula is C18H24BrN3O. The Bertz CT molecular complexity index is 588. The third kappa shape index (κ3) is 3.01. The Labute approximate surface area is 146 Å². The maximum atomic E-state index is 6.08. The van der Waals surface area contributed by atoms with E-state index >= 15 is 0 Å². The van der Waals surface area contributed by atoms with Crippen molar-refractivity contribution in [1.82, 2.24) is 10.2 Å². The van der Waals surface area contributed by atoms with Gasteiger partial charge in [0.25, 0.3) is 0 Å². The Balaban J connectivity index is 1.47. The minimum Gasteiger partial charge on any atom is -0.374 e. The van der Waals surface area contributed by atoms with Crippen LogP contribution in [0.2, 0.25) is 0 Å². The number of nitrogens with one attached hydrogen (secondary N) is 1. The Morgan fingerprint density at radius 3 is 2.70 bits per heavy atom. The van der Waals surface area contributed by atoms with Crippen LogP contribution in [0.3, 0.4) is 0 Å². The second-order valence-corrected chi connectivity index (χ2v) is 7.74. The molecule has 3 heterocycles. The summed E-state index contributed by atoms with van der Waals surface area (Å²) in [5.74, 6) is 2.48. The molecule has 0 aromatic heterocycles.